The second-order valence-electron chi connectivity index (χ2n) is 4.18. The smallest absolute Gasteiger partial charge is 0.240 e. The van der Waals surface area contributed by atoms with Gasteiger partial charge in [0.25, 0.3) is 0 Å². The first kappa shape index (κ1) is 15.4. The van der Waals surface area contributed by atoms with Crippen LogP contribution in [0.5, 0.6) is 0 Å². The zero-order valence-corrected chi connectivity index (χ0v) is 13.0. The third kappa shape index (κ3) is 4.25. The normalized spacial score (nSPS) is 10.9. The van der Waals surface area contributed by atoms with Gasteiger partial charge >= 0.3 is 0 Å². The number of sulfonamides is 1. The average molecular weight is 321 g/mol. The van der Waals surface area contributed by atoms with Gasteiger partial charge in [-0.15, -0.1) is 0 Å². The van der Waals surface area contributed by atoms with E-state index in [1.165, 1.54) is 19.2 Å². The van der Waals surface area contributed by atoms with Crippen molar-refractivity contribution in [1.82, 2.24) is 4.72 Å². The predicted octanol–water partition coefficient (Wildman–Crippen LogP) is 2.40. The molecule has 5 nitrogen and oxygen atoms in total. The van der Waals surface area contributed by atoms with Crippen molar-refractivity contribution in [3.8, 4) is 0 Å². The first-order chi connectivity index (χ1) is 10.0. The fourth-order valence-corrected chi connectivity index (χ4v) is 2.62. The largest absolute Gasteiger partial charge is 0.332 e. The molecule has 0 saturated carbocycles. The van der Waals surface area contributed by atoms with Crippen molar-refractivity contribution in [1.29, 1.82) is 0 Å². The summed E-state index contributed by atoms with van der Waals surface area (Å²) in [4.78, 5) is 0.206. The summed E-state index contributed by atoms with van der Waals surface area (Å²) in [5, 5.41) is 6.46. The molecule has 7 heteroatoms. The molecule has 0 aliphatic heterocycles. The van der Waals surface area contributed by atoms with Crippen molar-refractivity contribution in [2.45, 2.75) is 4.90 Å². The maximum absolute atomic E-state index is 11.6. The molecule has 3 N–H and O–H groups in total. The minimum absolute atomic E-state index is 0.206. The molecule has 0 amide bonds. The summed E-state index contributed by atoms with van der Waals surface area (Å²) >= 11 is 5.19. The molecule has 2 aromatic carbocycles. The van der Waals surface area contributed by atoms with E-state index in [-0.39, 0.29) is 4.90 Å². The van der Waals surface area contributed by atoms with Gasteiger partial charge in [-0.05, 0) is 55.7 Å². The van der Waals surface area contributed by atoms with E-state index in [1.54, 1.807) is 12.1 Å². The molecular formula is C14H15N3O2S2. The molecule has 0 aromatic heterocycles. The average Bonchev–Trinajstić information content (AvgIpc) is 2.48. The van der Waals surface area contributed by atoms with Gasteiger partial charge in [-0.3, -0.25) is 0 Å². The number of hydrogen-bond donors (Lipinski definition) is 3. The van der Waals surface area contributed by atoms with Crippen molar-refractivity contribution in [3.63, 3.8) is 0 Å². The van der Waals surface area contributed by atoms with E-state index in [1.807, 2.05) is 30.3 Å². The Balaban J connectivity index is 2.02. The monoisotopic (exact) mass is 321 g/mol. The SMILES string of the molecule is CNS(=O)(=O)c1ccc(NC(=S)Nc2ccccc2)cc1. The second kappa shape index (κ2) is 6.66. The Morgan fingerprint density at radius 1 is 0.905 bits per heavy atom. The summed E-state index contributed by atoms with van der Waals surface area (Å²) in [6, 6.07) is 15.9. The number of rotatable bonds is 4. The number of hydrogen-bond acceptors (Lipinski definition) is 3. The van der Waals surface area contributed by atoms with E-state index in [9.17, 15) is 8.42 Å². The summed E-state index contributed by atoms with van der Waals surface area (Å²) in [6.07, 6.45) is 0. The van der Waals surface area contributed by atoms with Crippen LogP contribution in [0.1, 0.15) is 0 Å². The highest BCUT2D eigenvalue weighted by Gasteiger charge is 2.10. The third-order valence-corrected chi connectivity index (χ3v) is 4.36. The standard InChI is InChI=1S/C14H15N3O2S2/c1-15-21(18,19)13-9-7-12(8-10-13)17-14(20)16-11-5-3-2-4-6-11/h2-10,15H,1H3,(H2,16,17,20). The molecule has 0 heterocycles. The minimum atomic E-state index is -3.42. The van der Waals surface area contributed by atoms with Gasteiger partial charge in [0.05, 0.1) is 4.90 Å². The fraction of sp³-hybridized carbons (Fsp3) is 0.0714. The van der Waals surface area contributed by atoms with Crippen LogP contribution in [-0.2, 0) is 10.0 Å². The third-order valence-electron chi connectivity index (χ3n) is 2.72. The molecule has 0 unspecified atom stereocenters. The van der Waals surface area contributed by atoms with E-state index < -0.39 is 10.0 Å². The highest BCUT2D eigenvalue weighted by Crippen LogP contribution is 2.14. The maximum Gasteiger partial charge on any atom is 0.240 e. The summed E-state index contributed by atoms with van der Waals surface area (Å²) < 4.78 is 25.5. The molecule has 0 bridgehead atoms. The van der Waals surface area contributed by atoms with Crippen LogP contribution in [-0.4, -0.2) is 20.6 Å². The number of nitrogens with one attached hydrogen (secondary N) is 3. The van der Waals surface area contributed by atoms with Gasteiger partial charge in [-0.2, -0.15) is 0 Å². The molecule has 0 aliphatic carbocycles. The molecule has 0 aliphatic rings. The van der Waals surface area contributed by atoms with Crippen LogP contribution >= 0.6 is 12.2 Å². The van der Waals surface area contributed by atoms with Gasteiger partial charge in [0.1, 0.15) is 0 Å². The van der Waals surface area contributed by atoms with Crippen molar-refractivity contribution < 1.29 is 8.42 Å². The molecule has 110 valence electrons. The zero-order valence-electron chi connectivity index (χ0n) is 11.3. The molecule has 0 fully saturated rings. The van der Waals surface area contributed by atoms with Crippen LogP contribution in [0, 0.1) is 0 Å². The Bertz CT molecular complexity index is 714. The molecular weight excluding hydrogens is 306 g/mol. The van der Waals surface area contributed by atoms with E-state index in [4.69, 9.17) is 12.2 Å². The predicted molar refractivity (Wildman–Crippen MR) is 89.0 cm³/mol. The highest BCUT2D eigenvalue weighted by molar-refractivity contribution is 7.89. The fourth-order valence-electron chi connectivity index (χ4n) is 1.65. The van der Waals surface area contributed by atoms with Crippen molar-refractivity contribution in [2.75, 3.05) is 17.7 Å². The van der Waals surface area contributed by atoms with Crippen LogP contribution in [0.15, 0.2) is 59.5 Å². The van der Waals surface area contributed by atoms with E-state index >= 15 is 0 Å². The molecule has 2 aromatic rings. The second-order valence-corrected chi connectivity index (χ2v) is 6.47. The van der Waals surface area contributed by atoms with Crippen LogP contribution < -0.4 is 15.4 Å². The molecule has 0 spiro atoms. The minimum Gasteiger partial charge on any atom is -0.332 e. The number of para-hydroxylation sites is 1. The van der Waals surface area contributed by atoms with E-state index in [0.29, 0.717) is 10.8 Å². The van der Waals surface area contributed by atoms with Crippen LogP contribution in [0.3, 0.4) is 0 Å². The van der Waals surface area contributed by atoms with Gasteiger partial charge in [0, 0.05) is 11.4 Å². The molecule has 2 rings (SSSR count). The lowest BCUT2D eigenvalue weighted by atomic mass is 10.3. The molecule has 21 heavy (non-hydrogen) atoms. The Labute approximate surface area is 129 Å². The Kier molecular flexibility index (Phi) is 4.89. The maximum atomic E-state index is 11.6. The lowest BCUT2D eigenvalue weighted by molar-refractivity contribution is 0.588. The molecule has 0 atom stereocenters. The number of thiocarbonyl (C=S) groups is 1. The van der Waals surface area contributed by atoms with Crippen LogP contribution in [0.4, 0.5) is 11.4 Å². The first-order valence-electron chi connectivity index (χ1n) is 6.18. The van der Waals surface area contributed by atoms with Gasteiger partial charge in [-0.25, -0.2) is 13.1 Å². The van der Waals surface area contributed by atoms with Gasteiger partial charge in [0.15, 0.2) is 5.11 Å². The van der Waals surface area contributed by atoms with Crippen LogP contribution in [0.2, 0.25) is 0 Å². The first-order valence-corrected chi connectivity index (χ1v) is 8.07. The Hall–Kier alpha value is -1.96. The zero-order chi connectivity index (χ0) is 15.3. The van der Waals surface area contributed by atoms with Crippen molar-refractivity contribution in [2.24, 2.45) is 0 Å². The summed E-state index contributed by atoms with van der Waals surface area (Å²) in [7, 11) is -2.04. The summed E-state index contributed by atoms with van der Waals surface area (Å²) in [6.45, 7) is 0. The van der Waals surface area contributed by atoms with Crippen LogP contribution in [0.25, 0.3) is 0 Å². The van der Waals surface area contributed by atoms with E-state index in [2.05, 4.69) is 15.4 Å². The number of benzene rings is 2. The van der Waals surface area contributed by atoms with Gasteiger partial charge < -0.3 is 10.6 Å². The highest BCUT2D eigenvalue weighted by atomic mass is 32.2. The molecule has 0 saturated heterocycles. The number of anilines is 2. The Morgan fingerprint density at radius 3 is 1.95 bits per heavy atom. The van der Waals surface area contributed by atoms with Crippen molar-refractivity contribution >= 4 is 38.7 Å². The lowest BCUT2D eigenvalue weighted by Gasteiger charge is -2.11. The van der Waals surface area contributed by atoms with Gasteiger partial charge in [-0.1, -0.05) is 18.2 Å². The summed E-state index contributed by atoms with van der Waals surface area (Å²) in [5.41, 5.74) is 1.59. The summed E-state index contributed by atoms with van der Waals surface area (Å²) in [5.74, 6) is 0. The van der Waals surface area contributed by atoms with E-state index in [0.717, 1.165) is 5.69 Å². The Morgan fingerprint density at radius 2 is 1.43 bits per heavy atom. The lowest BCUT2D eigenvalue weighted by Crippen LogP contribution is -2.20. The van der Waals surface area contributed by atoms with Gasteiger partial charge in [0.2, 0.25) is 10.0 Å². The molecule has 0 radical (unpaired) electrons. The van der Waals surface area contributed by atoms with Crippen molar-refractivity contribution in [3.05, 3.63) is 54.6 Å². The quantitative estimate of drug-likeness (QED) is 0.755. The topological polar surface area (TPSA) is 70.2 Å².